The summed E-state index contributed by atoms with van der Waals surface area (Å²) in [4.78, 5) is 43.5. The van der Waals surface area contributed by atoms with Crippen LogP contribution in [0.2, 0.25) is 0 Å². The Labute approximate surface area is 429 Å². The standard InChI is InChI=1S/C60H118N2O7/c1-8-13-18-31-42-55(43-32-19-14-9-2)67-58(63)48-37-29-25-23-27-35-46-57(69-60(65)62(51-40-50-61(6)7)52-41-54-66-53-39-22-17-12-5)47-36-28-24-26-30-38-49-59(64)68-56(44-33-20-15-10-3)45-34-21-16-11-4/h55-57H,8-54H2,1-7H3. The van der Waals surface area contributed by atoms with Crippen LogP contribution < -0.4 is 0 Å². The van der Waals surface area contributed by atoms with Crippen molar-refractivity contribution in [3.05, 3.63) is 0 Å². The number of hydrogen-bond donors (Lipinski definition) is 0. The normalized spacial score (nSPS) is 11.7. The van der Waals surface area contributed by atoms with Crippen molar-refractivity contribution in [2.75, 3.05) is 46.9 Å². The summed E-state index contributed by atoms with van der Waals surface area (Å²) in [6.07, 6.45) is 45.5. The van der Waals surface area contributed by atoms with E-state index >= 15 is 0 Å². The molecule has 0 heterocycles. The Kier molecular flexibility index (Phi) is 51.0. The molecule has 0 saturated heterocycles. The average Bonchev–Trinajstić information content (AvgIpc) is 3.33. The van der Waals surface area contributed by atoms with Gasteiger partial charge in [0.2, 0.25) is 0 Å². The minimum Gasteiger partial charge on any atom is -0.462 e. The molecule has 410 valence electrons. The fraction of sp³-hybridized carbons (Fsp3) is 0.950. The lowest BCUT2D eigenvalue weighted by atomic mass is 10.0. The summed E-state index contributed by atoms with van der Waals surface area (Å²) in [5.74, 6) is -0.0161. The highest BCUT2D eigenvalue weighted by molar-refractivity contribution is 5.70. The summed E-state index contributed by atoms with van der Waals surface area (Å²) in [5, 5.41) is 0. The van der Waals surface area contributed by atoms with Gasteiger partial charge in [0.25, 0.3) is 0 Å². The molecular weight excluding hydrogens is 861 g/mol. The van der Waals surface area contributed by atoms with Crippen LogP contribution in [0.4, 0.5) is 4.79 Å². The zero-order valence-electron chi connectivity index (χ0n) is 47.2. The van der Waals surface area contributed by atoms with Gasteiger partial charge in [0.15, 0.2) is 0 Å². The predicted molar refractivity (Wildman–Crippen MR) is 293 cm³/mol. The molecule has 0 aromatic heterocycles. The molecule has 0 radical (unpaired) electrons. The van der Waals surface area contributed by atoms with E-state index in [2.05, 4.69) is 53.6 Å². The van der Waals surface area contributed by atoms with Gasteiger partial charge in [0, 0.05) is 39.1 Å². The Balaban J connectivity index is 5.08. The summed E-state index contributed by atoms with van der Waals surface area (Å²) in [6.45, 7) is 14.9. The molecule has 0 aliphatic carbocycles. The minimum absolute atomic E-state index is 0.00803. The number of ether oxygens (including phenoxy) is 4. The highest BCUT2D eigenvalue weighted by Gasteiger charge is 2.21. The van der Waals surface area contributed by atoms with Gasteiger partial charge < -0.3 is 28.7 Å². The number of esters is 2. The van der Waals surface area contributed by atoms with E-state index in [4.69, 9.17) is 18.9 Å². The van der Waals surface area contributed by atoms with Gasteiger partial charge in [-0.2, -0.15) is 0 Å². The van der Waals surface area contributed by atoms with Crippen LogP contribution in [0.5, 0.6) is 0 Å². The average molecular weight is 980 g/mol. The van der Waals surface area contributed by atoms with Gasteiger partial charge in [-0.05, 0) is 130 Å². The maximum absolute atomic E-state index is 13.8. The Morgan fingerprint density at radius 3 is 1.01 bits per heavy atom. The fourth-order valence-electron chi connectivity index (χ4n) is 9.35. The zero-order valence-corrected chi connectivity index (χ0v) is 47.2. The molecule has 0 unspecified atom stereocenters. The molecule has 0 fully saturated rings. The first kappa shape index (κ1) is 67.1. The van der Waals surface area contributed by atoms with Crippen molar-refractivity contribution >= 4 is 18.0 Å². The molecule has 9 heteroatoms. The molecule has 0 rings (SSSR count). The van der Waals surface area contributed by atoms with Crippen LogP contribution in [0.15, 0.2) is 0 Å². The Bertz CT molecular complexity index is 1020. The summed E-state index contributed by atoms with van der Waals surface area (Å²) in [7, 11) is 4.16. The van der Waals surface area contributed by atoms with Gasteiger partial charge in [-0.25, -0.2) is 4.79 Å². The number of unbranched alkanes of at least 4 members (excludes halogenated alkanes) is 25. The molecule has 0 N–H and O–H groups in total. The first-order chi connectivity index (χ1) is 33.7. The van der Waals surface area contributed by atoms with Gasteiger partial charge in [-0.15, -0.1) is 0 Å². The molecular formula is C60H118N2O7. The zero-order chi connectivity index (χ0) is 50.7. The van der Waals surface area contributed by atoms with Gasteiger partial charge in [0.05, 0.1) is 0 Å². The quantitative estimate of drug-likeness (QED) is 0.0338. The van der Waals surface area contributed by atoms with E-state index in [1.54, 1.807) is 0 Å². The van der Waals surface area contributed by atoms with E-state index in [9.17, 15) is 14.4 Å². The van der Waals surface area contributed by atoms with E-state index < -0.39 is 0 Å². The van der Waals surface area contributed by atoms with Gasteiger partial charge in [0.1, 0.15) is 18.3 Å². The summed E-state index contributed by atoms with van der Waals surface area (Å²) >= 11 is 0. The van der Waals surface area contributed by atoms with Crippen molar-refractivity contribution in [2.45, 2.75) is 323 Å². The van der Waals surface area contributed by atoms with Crippen LogP contribution in [0.25, 0.3) is 0 Å². The minimum atomic E-state index is -0.172. The Hall–Kier alpha value is -1.87. The van der Waals surface area contributed by atoms with Crippen molar-refractivity contribution in [3.63, 3.8) is 0 Å². The lowest BCUT2D eigenvalue weighted by molar-refractivity contribution is -0.151. The second-order valence-electron chi connectivity index (χ2n) is 21.1. The van der Waals surface area contributed by atoms with Crippen LogP contribution in [0.1, 0.15) is 304 Å². The third-order valence-corrected chi connectivity index (χ3v) is 13.8. The number of nitrogens with zero attached hydrogens (tertiary/aromatic N) is 2. The SMILES string of the molecule is CCCCCCOCCCN(CCCN(C)C)C(=O)OC(CCCCCCCCC(=O)OC(CCCCCC)CCCCCC)CCCCCCCCC(=O)OC(CCCCCC)CCCCCC. The summed E-state index contributed by atoms with van der Waals surface area (Å²) in [6, 6.07) is 0. The van der Waals surface area contributed by atoms with Crippen molar-refractivity contribution in [1.82, 2.24) is 9.80 Å². The van der Waals surface area contributed by atoms with E-state index in [1.165, 1.54) is 96.3 Å². The number of hydrogen-bond acceptors (Lipinski definition) is 8. The maximum atomic E-state index is 13.8. The Morgan fingerprint density at radius 2 is 0.638 bits per heavy atom. The van der Waals surface area contributed by atoms with E-state index in [0.29, 0.717) is 32.5 Å². The van der Waals surface area contributed by atoms with Crippen LogP contribution in [-0.2, 0) is 28.5 Å². The number of amides is 1. The van der Waals surface area contributed by atoms with Crippen LogP contribution in [0.3, 0.4) is 0 Å². The maximum Gasteiger partial charge on any atom is 0.410 e. The number of rotatable bonds is 54. The second kappa shape index (κ2) is 52.5. The first-order valence-corrected chi connectivity index (χ1v) is 30.3. The fourth-order valence-corrected chi connectivity index (χ4v) is 9.35. The Morgan fingerprint density at radius 1 is 0.333 bits per heavy atom. The lowest BCUT2D eigenvalue weighted by Crippen LogP contribution is -2.37. The van der Waals surface area contributed by atoms with Gasteiger partial charge in [-0.3, -0.25) is 9.59 Å². The van der Waals surface area contributed by atoms with Crippen LogP contribution >= 0.6 is 0 Å². The molecule has 69 heavy (non-hydrogen) atoms. The molecule has 0 saturated carbocycles. The third kappa shape index (κ3) is 46.9. The second-order valence-corrected chi connectivity index (χ2v) is 21.1. The molecule has 0 spiro atoms. The molecule has 9 nitrogen and oxygen atoms in total. The van der Waals surface area contributed by atoms with E-state index in [-0.39, 0.29) is 36.3 Å². The summed E-state index contributed by atoms with van der Waals surface area (Å²) < 4.78 is 24.3. The molecule has 0 bridgehead atoms. The molecule has 0 aliphatic rings. The molecule has 1 amide bonds. The first-order valence-electron chi connectivity index (χ1n) is 30.3. The lowest BCUT2D eigenvalue weighted by Gasteiger charge is -2.26. The summed E-state index contributed by atoms with van der Waals surface area (Å²) in [5.41, 5.74) is 0. The van der Waals surface area contributed by atoms with Crippen molar-refractivity contribution in [3.8, 4) is 0 Å². The van der Waals surface area contributed by atoms with Crippen LogP contribution in [0, 0.1) is 0 Å². The molecule has 0 aliphatic heterocycles. The van der Waals surface area contributed by atoms with Crippen molar-refractivity contribution in [1.29, 1.82) is 0 Å². The van der Waals surface area contributed by atoms with Crippen molar-refractivity contribution < 1.29 is 33.3 Å². The topological polar surface area (TPSA) is 94.6 Å². The number of carbonyl (C=O) groups is 3. The largest absolute Gasteiger partial charge is 0.462 e. The van der Waals surface area contributed by atoms with E-state index in [1.807, 2.05) is 4.90 Å². The monoisotopic (exact) mass is 979 g/mol. The van der Waals surface area contributed by atoms with Crippen molar-refractivity contribution in [2.24, 2.45) is 0 Å². The third-order valence-electron chi connectivity index (χ3n) is 13.8. The molecule has 0 atom stereocenters. The molecule has 0 aromatic carbocycles. The predicted octanol–water partition coefficient (Wildman–Crippen LogP) is 17.7. The number of carbonyl (C=O) groups excluding carboxylic acids is 3. The highest BCUT2D eigenvalue weighted by Crippen LogP contribution is 2.21. The van der Waals surface area contributed by atoms with Crippen LogP contribution in [-0.4, -0.2) is 93.1 Å². The molecule has 0 aromatic rings. The van der Waals surface area contributed by atoms with E-state index in [0.717, 1.165) is 174 Å². The highest BCUT2D eigenvalue weighted by atomic mass is 16.6. The van der Waals surface area contributed by atoms with Gasteiger partial charge in [-0.1, -0.05) is 182 Å². The van der Waals surface area contributed by atoms with Gasteiger partial charge >= 0.3 is 18.0 Å². The smallest absolute Gasteiger partial charge is 0.410 e.